The van der Waals surface area contributed by atoms with Gasteiger partial charge in [-0.25, -0.2) is 0 Å². The van der Waals surface area contributed by atoms with Crippen molar-refractivity contribution in [3.63, 3.8) is 0 Å². The van der Waals surface area contributed by atoms with E-state index in [4.69, 9.17) is 0 Å². The van der Waals surface area contributed by atoms with Gasteiger partial charge in [0.25, 0.3) is 0 Å². The highest BCUT2D eigenvalue weighted by Crippen LogP contribution is 2.15. The van der Waals surface area contributed by atoms with Crippen LogP contribution in [0, 0.1) is 0 Å². The zero-order chi connectivity index (χ0) is 10.2. The van der Waals surface area contributed by atoms with Gasteiger partial charge in [0, 0.05) is 0 Å². The van der Waals surface area contributed by atoms with Crippen LogP contribution in [0.1, 0.15) is 18.4 Å². The largest absolute Gasteiger partial charge is 0.0991 e. The van der Waals surface area contributed by atoms with Crippen molar-refractivity contribution in [2.45, 2.75) is 12.8 Å². The Morgan fingerprint density at radius 3 is 2.43 bits per heavy atom. The molecule has 0 radical (unpaired) electrons. The zero-order valence-corrected chi connectivity index (χ0v) is 8.56. The summed E-state index contributed by atoms with van der Waals surface area (Å²) in [5, 5.41) is 0. The van der Waals surface area contributed by atoms with Crippen molar-refractivity contribution in [3.05, 3.63) is 72.9 Å². The monoisotopic (exact) mass is 184 g/mol. The lowest BCUT2D eigenvalue weighted by Gasteiger charge is -2.04. The average molecular weight is 184 g/mol. The maximum absolute atomic E-state index is 3.61. The Bertz CT molecular complexity index is 317. The van der Waals surface area contributed by atoms with Crippen LogP contribution in [0.15, 0.2) is 67.3 Å². The Labute approximate surface area is 86.3 Å². The van der Waals surface area contributed by atoms with E-state index in [1.807, 2.05) is 18.2 Å². The molecule has 0 fully saturated rings. The number of hydrogen-bond acceptors (Lipinski definition) is 0. The number of rotatable bonds is 4. The van der Waals surface area contributed by atoms with Crippen molar-refractivity contribution in [2.75, 3.05) is 0 Å². The van der Waals surface area contributed by atoms with Crippen molar-refractivity contribution >= 4 is 0 Å². The molecule has 0 heteroatoms. The van der Waals surface area contributed by atoms with Gasteiger partial charge in [-0.3, -0.25) is 0 Å². The highest BCUT2D eigenvalue weighted by molar-refractivity contribution is 5.24. The first kappa shape index (κ1) is 10.5. The second-order valence-corrected chi connectivity index (χ2v) is 3.20. The Morgan fingerprint density at radius 1 is 1.07 bits per heavy atom. The molecule has 0 bridgehead atoms. The molecule has 0 aliphatic rings. The Hall–Kier alpha value is -1.56. The lowest BCUT2D eigenvalue weighted by molar-refractivity contribution is 0.968. The van der Waals surface area contributed by atoms with E-state index in [0.717, 1.165) is 0 Å². The van der Waals surface area contributed by atoms with Gasteiger partial charge in [-0.15, -0.1) is 0 Å². The molecule has 0 spiro atoms. The van der Waals surface area contributed by atoms with Crippen LogP contribution in [-0.2, 0) is 0 Å². The molecule has 0 saturated carbocycles. The van der Waals surface area contributed by atoms with E-state index < -0.39 is 0 Å². The van der Waals surface area contributed by atoms with Gasteiger partial charge in [0.05, 0.1) is 0 Å². The van der Waals surface area contributed by atoms with Crippen LogP contribution >= 0.6 is 0 Å². The van der Waals surface area contributed by atoms with Crippen molar-refractivity contribution in [3.8, 4) is 0 Å². The highest BCUT2D eigenvalue weighted by atomic mass is 14.0. The molecule has 0 amide bonds. The topological polar surface area (TPSA) is 0 Å². The summed E-state index contributed by atoms with van der Waals surface area (Å²) in [5.74, 6) is 0.464. The molecular weight excluding hydrogens is 168 g/mol. The fourth-order valence-electron chi connectivity index (χ4n) is 1.24. The smallest absolute Gasteiger partial charge is 0.000732 e. The van der Waals surface area contributed by atoms with Crippen LogP contribution in [-0.4, -0.2) is 0 Å². The second kappa shape index (κ2) is 5.98. The maximum atomic E-state index is 3.61. The minimum atomic E-state index is 0.464. The molecule has 1 aromatic carbocycles. The summed E-state index contributed by atoms with van der Waals surface area (Å²) in [6.07, 6.45) is 9.92. The normalized spacial score (nSPS) is 13.5. The third-order valence-electron chi connectivity index (χ3n) is 2.08. The molecule has 0 saturated heterocycles. The molecule has 0 heterocycles. The summed E-state index contributed by atoms with van der Waals surface area (Å²) in [6, 6.07) is 10.5. The zero-order valence-electron chi connectivity index (χ0n) is 8.56. The molecule has 0 aliphatic heterocycles. The Morgan fingerprint density at radius 2 is 1.79 bits per heavy atom. The van der Waals surface area contributed by atoms with Gasteiger partial charge in [0.2, 0.25) is 0 Å². The molecule has 1 rings (SSSR count). The molecule has 0 aromatic heterocycles. The molecule has 1 atom stereocenters. The molecule has 0 N–H and O–H groups in total. The summed E-state index contributed by atoms with van der Waals surface area (Å²) in [7, 11) is 0. The van der Waals surface area contributed by atoms with Gasteiger partial charge >= 0.3 is 0 Å². The first-order valence-electron chi connectivity index (χ1n) is 4.85. The van der Waals surface area contributed by atoms with E-state index in [2.05, 4.69) is 49.9 Å². The third-order valence-corrected chi connectivity index (χ3v) is 2.08. The van der Waals surface area contributed by atoms with Crippen LogP contribution < -0.4 is 0 Å². The van der Waals surface area contributed by atoms with E-state index in [1.54, 1.807) is 6.08 Å². The predicted octanol–water partition coefficient (Wildman–Crippen LogP) is 4.09. The number of allylic oxidation sites excluding steroid dienone is 5. The number of benzene rings is 1. The van der Waals surface area contributed by atoms with Crippen molar-refractivity contribution < 1.29 is 0 Å². The molecule has 0 nitrogen and oxygen atoms in total. The van der Waals surface area contributed by atoms with Crippen molar-refractivity contribution in [1.29, 1.82) is 0 Å². The van der Waals surface area contributed by atoms with E-state index in [0.29, 0.717) is 5.92 Å². The van der Waals surface area contributed by atoms with Gasteiger partial charge < -0.3 is 0 Å². The molecule has 1 aromatic rings. The van der Waals surface area contributed by atoms with E-state index in [1.165, 1.54) is 5.56 Å². The van der Waals surface area contributed by atoms with Crippen LogP contribution in [0.25, 0.3) is 0 Å². The average Bonchev–Trinajstić information content (AvgIpc) is 2.25. The Balaban J connectivity index is 2.58. The summed E-state index contributed by atoms with van der Waals surface area (Å²) in [5.41, 5.74) is 1.34. The fourth-order valence-corrected chi connectivity index (χ4v) is 1.24. The van der Waals surface area contributed by atoms with E-state index >= 15 is 0 Å². The van der Waals surface area contributed by atoms with Crippen LogP contribution in [0.2, 0.25) is 0 Å². The van der Waals surface area contributed by atoms with E-state index in [9.17, 15) is 0 Å². The summed E-state index contributed by atoms with van der Waals surface area (Å²) in [6.45, 7) is 5.80. The quantitative estimate of drug-likeness (QED) is 0.618. The minimum absolute atomic E-state index is 0.464. The Kier molecular flexibility index (Phi) is 4.49. The third kappa shape index (κ3) is 3.44. The number of hydrogen-bond donors (Lipinski definition) is 0. The standard InChI is InChI=1S/C14H16/c1-3-4-5-7-10-13(2)14-11-8-6-9-12-14/h3-13H,1H2,2H3/b5-4-,10-7-. The minimum Gasteiger partial charge on any atom is -0.0991 e. The van der Waals surface area contributed by atoms with Crippen LogP contribution in [0.4, 0.5) is 0 Å². The second-order valence-electron chi connectivity index (χ2n) is 3.20. The van der Waals surface area contributed by atoms with Crippen molar-refractivity contribution in [1.82, 2.24) is 0 Å². The maximum Gasteiger partial charge on any atom is -0.000732 e. The first-order chi connectivity index (χ1) is 6.84. The molecule has 0 aliphatic carbocycles. The summed E-state index contributed by atoms with van der Waals surface area (Å²) < 4.78 is 0. The van der Waals surface area contributed by atoms with Gasteiger partial charge in [-0.2, -0.15) is 0 Å². The van der Waals surface area contributed by atoms with Crippen LogP contribution in [0.5, 0.6) is 0 Å². The molecular formula is C14H16. The van der Waals surface area contributed by atoms with Gasteiger partial charge in [-0.05, 0) is 11.5 Å². The lowest BCUT2D eigenvalue weighted by atomic mass is 10.0. The van der Waals surface area contributed by atoms with Crippen molar-refractivity contribution in [2.24, 2.45) is 0 Å². The lowest BCUT2D eigenvalue weighted by Crippen LogP contribution is -1.86. The molecule has 1 unspecified atom stereocenters. The van der Waals surface area contributed by atoms with Crippen LogP contribution in [0.3, 0.4) is 0 Å². The van der Waals surface area contributed by atoms with Gasteiger partial charge in [0.15, 0.2) is 0 Å². The molecule has 72 valence electrons. The highest BCUT2D eigenvalue weighted by Gasteiger charge is 1.97. The predicted molar refractivity (Wildman–Crippen MR) is 63.3 cm³/mol. The summed E-state index contributed by atoms with van der Waals surface area (Å²) in [4.78, 5) is 0. The SMILES string of the molecule is C=C/C=C\C=C/C(C)c1ccccc1. The fraction of sp³-hybridized carbons (Fsp3) is 0.143. The van der Waals surface area contributed by atoms with E-state index in [-0.39, 0.29) is 0 Å². The van der Waals surface area contributed by atoms with Gasteiger partial charge in [-0.1, -0.05) is 74.2 Å². The van der Waals surface area contributed by atoms with Gasteiger partial charge in [0.1, 0.15) is 0 Å². The summed E-state index contributed by atoms with van der Waals surface area (Å²) >= 11 is 0. The molecule has 14 heavy (non-hydrogen) atoms. The first-order valence-corrected chi connectivity index (χ1v) is 4.85.